The summed E-state index contributed by atoms with van der Waals surface area (Å²) in [7, 11) is 0. The number of benzene rings is 1. The summed E-state index contributed by atoms with van der Waals surface area (Å²) < 4.78 is 0. The SMILES string of the molecule is CCCNC(=O)C(C)NC(=O)C(=O)c1ccc(C(C)(C)C)cc1. The van der Waals surface area contributed by atoms with Crippen molar-refractivity contribution in [2.24, 2.45) is 0 Å². The Balaban J connectivity index is 2.70. The number of ketones is 1. The summed E-state index contributed by atoms with van der Waals surface area (Å²) in [6.45, 7) is 10.3. The second-order valence-electron chi connectivity index (χ2n) is 6.64. The van der Waals surface area contributed by atoms with Crippen LogP contribution in [-0.2, 0) is 15.0 Å². The second-order valence-corrected chi connectivity index (χ2v) is 6.64. The lowest BCUT2D eigenvalue weighted by molar-refractivity contribution is -0.126. The molecule has 1 unspecified atom stereocenters. The minimum atomic E-state index is -0.771. The Morgan fingerprint density at radius 2 is 1.65 bits per heavy atom. The zero-order chi connectivity index (χ0) is 17.6. The molecule has 0 radical (unpaired) electrons. The number of rotatable bonds is 6. The third-order valence-electron chi connectivity index (χ3n) is 3.51. The lowest BCUT2D eigenvalue weighted by Gasteiger charge is -2.19. The fourth-order valence-electron chi connectivity index (χ4n) is 1.98. The monoisotopic (exact) mass is 318 g/mol. The smallest absolute Gasteiger partial charge is 0.293 e. The first-order valence-electron chi connectivity index (χ1n) is 7.90. The minimum absolute atomic E-state index is 0.0181. The quantitative estimate of drug-likeness (QED) is 0.623. The Bertz CT molecular complexity index is 571. The fourth-order valence-corrected chi connectivity index (χ4v) is 1.98. The van der Waals surface area contributed by atoms with Gasteiger partial charge in [-0.2, -0.15) is 0 Å². The van der Waals surface area contributed by atoms with Crippen molar-refractivity contribution in [3.8, 4) is 0 Å². The van der Waals surface area contributed by atoms with Crippen molar-refractivity contribution < 1.29 is 14.4 Å². The van der Waals surface area contributed by atoms with Gasteiger partial charge in [-0.1, -0.05) is 52.0 Å². The third-order valence-corrected chi connectivity index (χ3v) is 3.51. The first kappa shape index (κ1) is 18.9. The standard InChI is InChI=1S/C18H26N2O3/c1-6-11-19-16(22)12(2)20-17(23)15(21)13-7-9-14(10-8-13)18(3,4)5/h7-10,12H,6,11H2,1-5H3,(H,19,22)(H,20,23). The van der Waals surface area contributed by atoms with Crippen molar-refractivity contribution in [2.75, 3.05) is 6.54 Å². The molecular weight excluding hydrogens is 292 g/mol. The Labute approximate surface area is 137 Å². The molecule has 0 heterocycles. The van der Waals surface area contributed by atoms with E-state index in [-0.39, 0.29) is 11.3 Å². The van der Waals surface area contributed by atoms with Crippen LogP contribution in [0.3, 0.4) is 0 Å². The molecule has 2 N–H and O–H groups in total. The fraction of sp³-hybridized carbons (Fsp3) is 0.500. The molecule has 0 aromatic heterocycles. The summed E-state index contributed by atoms with van der Waals surface area (Å²) in [5.41, 5.74) is 1.38. The van der Waals surface area contributed by atoms with Crippen LogP contribution in [0.5, 0.6) is 0 Å². The van der Waals surface area contributed by atoms with Crippen molar-refractivity contribution in [1.29, 1.82) is 0 Å². The molecule has 1 atom stereocenters. The topological polar surface area (TPSA) is 75.3 Å². The Hall–Kier alpha value is -2.17. The summed E-state index contributed by atoms with van der Waals surface area (Å²) in [4.78, 5) is 35.8. The van der Waals surface area contributed by atoms with Crippen LogP contribution in [0.25, 0.3) is 0 Å². The van der Waals surface area contributed by atoms with Crippen molar-refractivity contribution in [3.63, 3.8) is 0 Å². The van der Waals surface area contributed by atoms with Crippen LogP contribution in [0.1, 0.15) is 57.0 Å². The van der Waals surface area contributed by atoms with Gasteiger partial charge < -0.3 is 10.6 Å². The number of amides is 2. The molecule has 2 amide bonds. The zero-order valence-electron chi connectivity index (χ0n) is 14.5. The highest BCUT2D eigenvalue weighted by Crippen LogP contribution is 2.22. The van der Waals surface area contributed by atoms with Crippen LogP contribution in [-0.4, -0.2) is 30.2 Å². The Kier molecular flexibility index (Phi) is 6.49. The second kappa shape index (κ2) is 7.90. The number of nitrogens with one attached hydrogen (secondary N) is 2. The third kappa shape index (κ3) is 5.51. The molecule has 0 aliphatic heterocycles. The van der Waals surface area contributed by atoms with Gasteiger partial charge in [-0.25, -0.2) is 0 Å². The molecule has 5 heteroatoms. The van der Waals surface area contributed by atoms with E-state index in [1.54, 1.807) is 19.1 Å². The summed E-state index contributed by atoms with van der Waals surface area (Å²) in [5.74, 6) is -1.70. The van der Waals surface area contributed by atoms with Crippen molar-refractivity contribution in [3.05, 3.63) is 35.4 Å². The van der Waals surface area contributed by atoms with Crippen molar-refractivity contribution in [2.45, 2.75) is 52.5 Å². The first-order valence-corrected chi connectivity index (χ1v) is 7.90. The van der Waals surface area contributed by atoms with E-state index in [2.05, 4.69) is 31.4 Å². The van der Waals surface area contributed by atoms with Crippen LogP contribution in [0.15, 0.2) is 24.3 Å². The van der Waals surface area contributed by atoms with E-state index in [4.69, 9.17) is 0 Å². The Morgan fingerprint density at radius 1 is 1.09 bits per heavy atom. The van der Waals surface area contributed by atoms with E-state index < -0.39 is 17.7 Å². The largest absolute Gasteiger partial charge is 0.354 e. The number of Topliss-reactive ketones (excluding diaryl/α,β-unsaturated/α-hetero) is 1. The zero-order valence-corrected chi connectivity index (χ0v) is 14.5. The molecule has 0 spiro atoms. The average Bonchev–Trinajstić information content (AvgIpc) is 2.50. The van der Waals surface area contributed by atoms with Gasteiger partial charge in [0.2, 0.25) is 11.7 Å². The molecule has 5 nitrogen and oxygen atoms in total. The van der Waals surface area contributed by atoms with Crippen molar-refractivity contribution in [1.82, 2.24) is 10.6 Å². The Morgan fingerprint density at radius 3 is 2.13 bits per heavy atom. The lowest BCUT2D eigenvalue weighted by Crippen LogP contribution is -2.47. The molecule has 23 heavy (non-hydrogen) atoms. The van der Waals surface area contributed by atoms with Crippen LogP contribution >= 0.6 is 0 Å². The van der Waals surface area contributed by atoms with Gasteiger partial charge in [0, 0.05) is 12.1 Å². The highest BCUT2D eigenvalue weighted by Gasteiger charge is 2.22. The molecule has 1 rings (SSSR count). The summed E-state index contributed by atoms with van der Waals surface area (Å²) >= 11 is 0. The predicted octanol–water partition coefficient (Wildman–Crippen LogP) is 2.20. The number of carbonyl (C=O) groups is 3. The van der Waals surface area contributed by atoms with Gasteiger partial charge in [0.1, 0.15) is 6.04 Å². The summed E-state index contributed by atoms with van der Waals surface area (Å²) in [5, 5.41) is 5.11. The van der Waals surface area contributed by atoms with Gasteiger partial charge in [0.15, 0.2) is 0 Å². The van der Waals surface area contributed by atoms with Crippen LogP contribution in [0.4, 0.5) is 0 Å². The summed E-state index contributed by atoms with van der Waals surface area (Å²) in [6.07, 6.45) is 0.811. The average molecular weight is 318 g/mol. The molecule has 0 aliphatic rings. The van der Waals surface area contributed by atoms with E-state index in [0.717, 1.165) is 12.0 Å². The van der Waals surface area contributed by atoms with E-state index in [1.165, 1.54) is 0 Å². The van der Waals surface area contributed by atoms with Crippen LogP contribution in [0.2, 0.25) is 0 Å². The number of carbonyl (C=O) groups excluding carboxylic acids is 3. The molecule has 126 valence electrons. The molecule has 0 bridgehead atoms. The predicted molar refractivity (Wildman–Crippen MR) is 90.4 cm³/mol. The summed E-state index contributed by atoms with van der Waals surface area (Å²) in [6, 6.07) is 6.23. The van der Waals surface area contributed by atoms with Gasteiger partial charge in [-0.05, 0) is 24.3 Å². The van der Waals surface area contributed by atoms with Crippen LogP contribution < -0.4 is 10.6 Å². The van der Waals surface area contributed by atoms with Crippen LogP contribution in [0, 0.1) is 0 Å². The van der Waals surface area contributed by atoms with Crippen molar-refractivity contribution >= 4 is 17.6 Å². The lowest BCUT2D eigenvalue weighted by atomic mass is 9.86. The molecule has 1 aromatic rings. The van der Waals surface area contributed by atoms with E-state index in [1.807, 2.05) is 19.1 Å². The minimum Gasteiger partial charge on any atom is -0.354 e. The van der Waals surface area contributed by atoms with Gasteiger partial charge in [0.25, 0.3) is 5.91 Å². The maximum atomic E-state index is 12.1. The molecular formula is C18H26N2O3. The highest BCUT2D eigenvalue weighted by molar-refractivity contribution is 6.43. The normalized spacial score (nSPS) is 12.4. The number of hydrogen-bond acceptors (Lipinski definition) is 3. The highest BCUT2D eigenvalue weighted by atomic mass is 16.2. The van der Waals surface area contributed by atoms with Gasteiger partial charge in [-0.3, -0.25) is 14.4 Å². The molecule has 0 saturated heterocycles. The molecule has 0 aliphatic carbocycles. The molecule has 0 saturated carbocycles. The molecule has 0 fully saturated rings. The maximum absolute atomic E-state index is 12.1. The van der Waals surface area contributed by atoms with E-state index >= 15 is 0 Å². The van der Waals surface area contributed by atoms with Gasteiger partial charge >= 0.3 is 0 Å². The molecule has 1 aromatic carbocycles. The maximum Gasteiger partial charge on any atom is 0.293 e. The van der Waals surface area contributed by atoms with Gasteiger partial charge in [0.05, 0.1) is 0 Å². The van der Waals surface area contributed by atoms with E-state index in [9.17, 15) is 14.4 Å². The van der Waals surface area contributed by atoms with E-state index in [0.29, 0.717) is 12.1 Å². The number of hydrogen-bond donors (Lipinski definition) is 2. The van der Waals surface area contributed by atoms with Gasteiger partial charge in [-0.15, -0.1) is 0 Å². The first-order chi connectivity index (χ1) is 10.7.